The first-order valence-electron chi connectivity index (χ1n) is 6.26. The zero-order valence-corrected chi connectivity index (χ0v) is 9.78. The van der Waals surface area contributed by atoms with Crippen molar-refractivity contribution in [3.05, 3.63) is 29.8 Å². The minimum Gasteiger partial charge on any atom is -0.493 e. The van der Waals surface area contributed by atoms with Crippen LogP contribution in [-0.4, -0.2) is 12.1 Å². The van der Waals surface area contributed by atoms with Crippen molar-refractivity contribution in [1.82, 2.24) is 0 Å². The average Bonchev–Trinajstić information content (AvgIpc) is 3.01. The monoisotopic (exact) mass is 217 g/mol. The van der Waals surface area contributed by atoms with Crippen molar-refractivity contribution in [3.8, 4) is 5.75 Å². The molecule has 1 heterocycles. The Morgan fingerprint density at radius 1 is 1.44 bits per heavy atom. The third kappa shape index (κ3) is 1.36. The molecule has 0 spiro atoms. The first-order valence-corrected chi connectivity index (χ1v) is 6.26. The molecule has 1 aliphatic heterocycles. The fraction of sp³-hybridized carbons (Fsp3) is 0.571. The zero-order chi connectivity index (χ0) is 11.2. The highest BCUT2D eigenvalue weighted by Gasteiger charge is 2.55. The third-order valence-electron chi connectivity index (χ3n) is 4.30. The van der Waals surface area contributed by atoms with Gasteiger partial charge in [-0.1, -0.05) is 31.5 Å². The summed E-state index contributed by atoms with van der Waals surface area (Å²) in [6, 6.07) is 8.37. The maximum atomic E-state index is 6.54. The van der Waals surface area contributed by atoms with Crippen molar-refractivity contribution < 1.29 is 4.74 Å². The van der Waals surface area contributed by atoms with Crippen LogP contribution in [0.3, 0.4) is 0 Å². The van der Waals surface area contributed by atoms with Crippen molar-refractivity contribution in [2.24, 2.45) is 11.7 Å². The predicted octanol–water partition coefficient (Wildman–Crippen LogP) is 2.68. The number of hydrogen-bond acceptors (Lipinski definition) is 2. The lowest BCUT2D eigenvalue weighted by Crippen LogP contribution is -2.36. The lowest BCUT2D eigenvalue weighted by Gasteiger charge is -2.31. The summed E-state index contributed by atoms with van der Waals surface area (Å²) in [6.07, 6.45) is 3.46. The van der Waals surface area contributed by atoms with E-state index in [1.165, 1.54) is 18.4 Å². The molecule has 0 saturated heterocycles. The Balaban J connectivity index is 1.94. The van der Waals surface area contributed by atoms with Crippen molar-refractivity contribution in [3.63, 3.8) is 0 Å². The molecule has 0 aromatic heterocycles. The Bertz CT molecular complexity index is 403. The summed E-state index contributed by atoms with van der Waals surface area (Å²) in [4.78, 5) is 0. The molecule has 2 N–H and O–H groups in total. The molecule has 3 rings (SSSR count). The van der Waals surface area contributed by atoms with Crippen LogP contribution in [0, 0.1) is 5.92 Å². The van der Waals surface area contributed by atoms with Crippen LogP contribution < -0.4 is 10.5 Å². The minimum atomic E-state index is 0.0502. The molecule has 0 bridgehead atoms. The van der Waals surface area contributed by atoms with Crippen LogP contribution in [0.25, 0.3) is 0 Å². The minimum absolute atomic E-state index is 0.0502. The molecule has 1 aliphatic carbocycles. The second kappa shape index (κ2) is 3.49. The molecule has 3 atom stereocenters. The molecule has 2 aliphatic rings. The SMILES string of the molecule is CCC1CC1(N)C1CCOc2ccccc21. The fourth-order valence-electron chi connectivity index (χ4n) is 3.22. The highest BCUT2D eigenvalue weighted by Crippen LogP contribution is 2.55. The van der Waals surface area contributed by atoms with Gasteiger partial charge >= 0.3 is 0 Å². The van der Waals surface area contributed by atoms with E-state index in [4.69, 9.17) is 10.5 Å². The van der Waals surface area contributed by atoms with Gasteiger partial charge in [0.1, 0.15) is 5.75 Å². The first-order chi connectivity index (χ1) is 7.75. The first kappa shape index (κ1) is 10.2. The Morgan fingerprint density at radius 3 is 3.00 bits per heavy atom. The van der Waals surface area contributed by atoms with E-state index >= 15 is 0 Å². The van der Waals surface area contributed by atoms with Gasteiger partial charge < -0.3 is 10.5 Å². The molecule has 1 aromatic carbocycles. The third-order valence-corrected chi connectivity index (χ3v) is 4.30. The highest BCUT2D eigenvalue weighted by molar-refractivity contribution is 5.41. The predicted molar refractivity (Wildman–Crippen MR) is 64.6 cm³/mol. The van der Waals surface area contributed by atoms with E-state index < -0.39 is 0 Å². The largest absolute Gasteiger partial charge is 0.493 e. The summed E-state index contributed by atoms with van der Waals surface area (Å²) in [5, 5.41) is 0. The van der Waals surface area contributed by atoms with Crippen LogP contribution in [-0.2, 0) is 0 Å². The molecular weight excluding hydrogens is 198 g/mol. The number of benzene rings is 1. The van der Waals surface area contributed by atoms with Crippen LogP contribution in [0.15, 0.2) is 24.3 Å². The molecule has 1 aromatic rings. The van der Waals surface area contributed by atoms with Crippen LogP contribution in [0.5, 0.6) is 5.75 Å². The van der Waals surface area contributed by atoms with Crippen LogP contribution in [0.4, 0.5) is 0 Å². The molecule has 16 heavy (non-hydrogen) atoms. The van der Waals surface area contributed by atoms with Gasteiger partial charge in [-0.15, -0.1) is 0 Å². The van der Waals surface area contributed by atoms with Crippen LogP contribution >= 0.6 is 0 Å². The topological polar surface area (TPSA) is 35.2 Å². The van der Waals surface area contributed by atoms with Gasteiger partial charge in [0.05, 0.1) is 6.61 Å². The van der Waals surface area contributed by atoms with E-state index in [-0.39, 0.29) is 5.54 Å². The van der Waals surface area contributed by atoms with Gasteiger partial charge in [-0.2, -0.15) is 0 Å². The normalized spacial score (nSPS) is 36.4. The number of hydrogen-bond donors (Lipinski definition) is 1. The average molecular weight is 217 g/mol. The molecule has 2 nitrogen and oxygen atoms in total. The molecular formula is C14H19NO. The summed E-state index contributed by atoms with van der Waals surface area (Å²) in [7, 11) is 0. The van der Waals surface area contributed by atoms with Gasteiger partial charge in [0.25, 0.3) is 0 Å². The highest BCUT2D eigenvalue weighted by atomic mass is 16.5. The van der Waals surface area contributed by atoms with Crippen LogP contribution in [0.2, 0.25) is 0 Å². The molecule has 1 saturated carbocycles. The van der Waals surface area contributed by atoms with Gasteiger partial charge in [0, 0.05) is 11.5 Å². The quantitative estimate of drug-likeness (QED) is 0.826. The smallest absolute Gasteiger partial charge is 0.122 e. The van der Waals surface area contributed by atoms with Gasteiger partial charge in [-0.05, 0) is 30.4 Å². The number of para-hydroxylation sites is 1. The summed E-state index contributed by atoms with van der Waals surface area (Å²) in [5.41, 5.74) is 7.91. The summed E-state index contributed by atoms with van der Waals surface area (Å²) < 4.78 is 5.69. The molecule has 0 radical (unpaired) electrons. The Morgan fingerprint density at radius 2 is 2.25 bits per heavy atom. The Hall–Kier alpha value is -1.02. The van der Waals surface area contributed by atoms with Crippen molar-refractivity contribution in [2.75, 3.05) is 6.61 Å². The second-order valence-electron chi connectivity index (χ2n) is 5.15. The summed E-state index contributed by atoms with van der Waals surface area (Å²) in [6.45, 7) is 3.06. The van der Waals surface area contributed by atoms with E-state index in [0.717, 1.165) is 18.8 Å². The number of fused-ring (bicyclic) bond motifs is 1. The summed E-state index contributed by atoms with van der Waals surface area (Å²) in [5.74, 6) is 2.26. The lowest BCUT2D eigenvalue weighted by molar-refractivity contribution is 0.246. The summed E-state index contributed by atoms with van der Waals surface area (Å²) >= 11 is 0. The van der Waals surface area contributed by atoms with Gasteiger partial charge in [0.15, 0.2) is 0 Å². The van der Waals surface area contributed by atoms with Crippen molar-refractivity contribution in [2.45, 2.75) is 37.6 Å². The van der Waals surface area contributed by atoms with Crippen molar-refractivity contribution >= 4 is 0 Å². The maximum Gasteiger partial charge on any atom is 0.122 e. The van der Waals surface area contributed by atoms with E-state index in [0.29, 0.717) is 11.8 Å². The van der Waals surface area contributed by atoms with Crippen LogP contribution in [0.1, 0.15) is 37.7 Å². The molecule has 3 unspecified atom stereocenters. The molecule has 2 heteroatoms. The lowest BCUT2D eigenvalue weighted by atomic mass is 9.83. The maximum absolute atomic E-state index is 6.54. The number of nitrogens with two attached hydrogens (primary N) is 1. The second-order valence-corrected chi connectivity index (χ2v) is 5.15. The number of rotatable bonds is 2. The molecule has 86 valence electrons. The van der Waals surface area contributed by atoms with E-state index in [2.05, 4.69) is 25.1 Å². The van der Waals surface area contributed by atoms with Gasteiger partial charge in [-0.3, -0.25) is 0 Å². The van der Waals surface area contributed by atoms with E-state index in [1.54, 1.807) is 0 Å². The Labute approximate surface area is 96.8 Å². The fourth-order valence-corrected chi connectivity index (χ4v) is 3.22. The van der Waals surface area contributed by atoms with E-state index in [1.807, 2.05) is 6.07 Å². The molecule has 0 amide bonds. The number of ether oxygens (including phenoxy) is 1. The van der Waals surface area contributed by atoms with Gasteiger partial charge in [0.2, 0.25) is 0 Å². The standard InChI is InChI=1S/C14H19NO/c1-2-10-9-14(10,15)12-7-8-16-13-6-4-3-5-11(12)13/h3-6,10,12H,2,7-9,15H2,1H3. The van der Waals surface area contributed by atoms with Crippen molar-refractivity contribution in [1.29, 1.82) is 0 Å². The molecule has 1 fully saturated rings. The van der Waals surface area contributed by atoms with Gasteiger partial charge in [-0.25, -0.2) is 0 Å². The van der Waals surface area contributed by atoms with E-state index in [9.17, 15) is 0 Å². The Kier molecular flexibility index (Phi) is 2.21. The zero-order valence-electron chi connectivity index (χ0n) is 9.78.